The van der Waals surface area contributed by atoms with E-state index in [0.29, 0.717) is 17.3 Å². The van der Waals surface area contributed by atoms with Crippen molar-refractivity contribution in [1.82, 2.24) is 19.6 Å². The number of nitrogens with two attached hydrogens (primary N) is 1. The summed E-state index contributed by atoms with van der Waals surface area (Å²) in [5.74, 6) is 0.817. The van der Waals surface area contributed by atoms with Gasteiger partial charge in [0.15, 0.2) is 5.82 Å². The number of aromatic nitrogens is 3. The normalized spacial score (nSPS) is 17.2. The molecule has 112 valence electrons. The maximum atomic E-state index is 11.6. The van der Waals surface area contributed by atoms with Crippen LogP contribution in [-0.4, -0.2) is 39.2 Å². The Balaban J connectivity index is 1.75. The van der Waals surface area contributed by atoms with Gasteiger partial charge in [-0.05, 0) is 32.0 Å². The summed E-state index contributed by atoms with van der Waals surface area (Å²) < 4.78 is 6.71. The third-order valence-corrected chi connectivity index (χ3v) is 3.78. The molecule has 3 rings (SSSR count). The molecule has 7 nitrogen and oxygen atoms in total. The molecule has 1 unspecified atom stereocenters. The van der Waals surface area contributed by atoms with Gasteiger partial charge in [-0.15, -0.1) is 0 Å². The van der Waals surface area contributed by atoms with Crippen LogP contribution in [0.1, 0.15) is 24.7 Å². The van der Waals surface area contributed by atoms with Crippen molar-refractivity contribution in [1.29, 1.82) is 0 Å². The lowest BCUT2D eigenvalue weighted by Crippen LogP contribution is -2.30. The van der Waals surface area contributed by atoms with Crippen molar-refractivity contribution in [2.45, 2.75) is 18.9 Å². The average molecular weight is 289 g/mol. The summed E-state index contributed by atoms with van der Waals surface area (Å²) in [4.78, 5) is 18.2. The minimum atomic E-state index is -0.271. The van der Waals surface area contributed by atoms with Gasteiger partial charge in [0.1, 0.15) is 0 Å². The van der Waals surface area contributed by atoms with Crippen molar-refractivity contribution in [3.63, 3.8) is 0 Å². The van der Waals surface area contributed by atoms with Gasteiger partial charge >= 0.3 is 0 Å². The summed E-state index contributed by atoms with van der Waals surface area (Å²) >= 11 is 0. The van der Waals surface area contributed by atoms with Crippen molar-refractivity contribution in [2.75, 3.05) is 19.6 Å². The third kappa shape index (κ3) is 3.03. The Labute approximate surface area is 122 Å². The smallest absolute Gasteiger partial charge is 0.258 e. The Hall–Kier alpha value is -1.99. The molecular formula is C14H19N5O2. The van der Waals surface area contributed by atoms with Gasteiger partial charge in [0.2, 0.25) is 0 Å². The molecule has 2 aromatic rings. The Morgan fingerprint density at radius 1 is 1.43 bits per heavy atom. The summed E-state index contributed by atoms with van der Waals surface area (Å²) in [5.41, 5.74) is 6.63. The van der Waals surface area contributed by atoms with Gasteiger partial charge in [-0.2, -0.15) is 4.98 Å². The monoisotopic (exact) mass is 289 g/mol. The summed E-state index contributed by atoms with van der Waals surface area (Å²) in [6, 6.07) is 2.97. The fourth-order valence-corrected chi connectivity index (χ4v) is 2.51. The molecule has 0 radical (unpaired) electrons. The summed E-state index contributed by atoms with van der Waals surface area (Å²) in [6.07, 6.45) is 4.11. The highest BCUT2D eigenvalue weighted by atomic mass is 16.5. The predicted octanol–water partition coefficient (Wildman–Crippen LogP) is 0.531. The van der Waals surface area contributed by atoms with Crippen molar-refractivity contribution < 1.29 is 4.52 Å². The molecule has 21 heavy (non-hydrogen) atoms. The van der Waals surface area contributed by atoms with E-state index in [1.165, 1.54) is 23.5 Å². The van der Waals surface area contributed by atoms with Crippen LogP contribution in [0.2, 0.25) is 0 Å². The number of rotatable bonds is 4. The Bertz CT molecular complexity index is 672. The Morgan fingerprint density at radius 3 is 2.90 bits per heavy atom. The zero-order valence-corrected chi connectivity index (χ0v) is 12.0. The number of aryl methyl sites for hydroxylation is 1. The molecule has 0 bridgehead atoms. The molecule has 1 aliphatic heterocycles. The first-order chi connectivity index (χ1) is 10.1. The molecule has 1 fully saturated rings. The van der Waals surface area contributed by atoms with E-state index in [9.17, 15) is 4.79 Å². The van der Waals surface area contributed by atoms with Crippen LogP contribution in [0.25, 0.3) is 11.5 Å². The standard InChI is InChI=1S/C14H19N5O2/c1-18-7-4-10(8-12(18)20)14-16-13(17-21-14)11(15)9-19-5-2-3-6-19/h4,7-8,11H,2-3,5-6,9,15H2,1H3. The van der Waals surface area contributed by atoms with Crippen LogP contribution in [0.4, 0.5) is 0 Å². The molecular weight excluding hydrogens is 270 g/mol. The van der Waals surface area contributed by atoms with E-state index in [4.69, 9.17) is 10.3 Å². The second kappa shape index (κ2) is 5.79. The molecule has 0 aromatic carbocycles. The van der Waals surface area contributed by atoms with Crippen molar-refractivity contribution in [3.05, 3.63) is 34.5 Å². The van der Waals surface area contributed by atoms with Gasteiger partial charge in [-0.25, -0.2) is 0 Å². The molecule has 2 aromatic heterocycles. The summed E-state index contributed by atoms with van der Waals surface area (Å²) in [6.45, 7) is 2.88. The lowest BCUT2D eigenvalue weighted by Gasteiger charge is -2.17. The van der Waals surface area contributed by atoms with Crippen LogP contribution in [-0.2, 0) is 7.05 Å². The number of likely N-dealkylation sites (tertiary alicyclic amines) is 1. The van der Waals surface area contributed by atoms with Crippen LogP contribution < -0.4 is 11.3 Å². The summed E-state index contributed by atoms with van der Waals surface area (Å²) in [5, 5.41) is 3.94. The minimum absolute atomic E-state index is 0.117. The van der Waals surface area contributed by atoms with E-state index in [1.54, 1.807) is 19.3 Å². The van der Waals surface area contributed by atoms with Gasteiger partial charge in [0.05, 0.1) is 6.04 Å². The molecule has 0 amide bonds. The van der Waals surface area contributed by atoms with E-state index in [1.807, 2.05) is 0 Å². The fourth-order valence-electron chi connectivity index (χ4n) is 2.51. The van der Waals surface area contributed by atoms with Crippen molar-refractivity contribution in [2.24, 2.45) is 12.8 Å². The van der Waals surface area contributed by atoms with Crippen molar-refractivity contribution in [3.8, 4) is 11.5 Å². The zero-order chi connectivity index (χ0) is 14.8. The summed E-state index contributed by atoms with van der Waals surface area (Å²) in [7, 11) is 1.69. The van der Waals surface area contributed by atoms with Gasteiger partial charge < -0.3 is 19.7 Å². The van der Waals surface area contributed by atoms with Gasteiger partial charge in [0, 0.05) is 31.4 Å². The van der Waals surface area contributed by atoms with Crippen LogP contribution >= 0.6 is 0 Å². The lowest BCUT2D eigenvalue weighted by molar-refractivity contribution is 0.306. The first-order valence-corrected chi connectivity index (χ1v) is 7.12. The van der Waals surface area contributed by atoms with E-state index >= 15 is 0 Å². The molecule has 1 saturated heterocycles. The number of hydrogen-bond donors (Lipinski definition) is 1. The largest absolute Gasteiger partial charge is 0.334 e. The number of hydrogen-bond acceptors (Lipinski definition) is 6. The average Bonchev–Trinajstić information content (AvgIpc) is 3.12. The highest BCUT2D eigenvalue weighted by Gasteiger charge is 2.20. The maximum Gasteiger partial charge on any atom is 0.258 e. The lowest BCUT2D eigenvalue weighted by atomic mass is 10.2. The predicted molar refractivity (Wildman–Crippen MR) is 77.6 cm³/mol. The molecule has 0 aliphatic carbocycles. The fraction of sp³-hybridized carbons (Fsp3) is 0.500. The highest BCUT2D eigenvalue weighted by Crippen LogP contribution is 2.18. The topological polar surface area (TPSA) is 90.2 Å². The van der Waals surface area contributed by atoms with Crippen molar-refractivity contribution >= 4 is 0 Å². The highest BCUT2D eigenvalue weighted by molar-refractivity contribution is 5.51. The van der Waals surface area contributed by atoms with Crippen LogP contribution in [0.5, 0.6) is 0 Å². The second-order valence-corrected chi connectivity index (χ2v) is 5.44. The third-order valence-electron chi connectivity index (χ3n) is 3.78. The van der Waals surface area contributed by atoms with Gasteiger partial charge in [0.25, 0.3) is 11.4 Å². The molecule has 7 heteroatoms. The van der Waals surface area contributed by atoms with E-state index in [2.05, 4.69) is 15.0 Å². The molecule has 0 saturated carbocycles. The number of nitrogens with zero attached hydrogens (tertiary/aromatic N) is 4. The van der Waals surface area contributed by atoms with E-state index in [0.717, 1.165) is 19.6 Å². The molecule has 1 atom stereocenters. The van der Waals surface area contributed by atoms with Gasteiger partial charge in [-0.1, -0.05) is 5.16 Å². The Morgan fingerprint density at radius 2 is 2.19 bits per heavy atom. The van der Waals surface area contributed by atoms with E-state index < -0.39 is 0 Å². The molecule has 0 spiro atoms. The molecule has 3 heterocycles. The van der Waals surface area contributed by atoms with Crippen LogP contribution in [0.3, 0.4) is 0 Å². The SMILES string of the molecule is Cn1ccc(-c2nc(C(N)CN3CCCC3)no2)cc1=O. The Kier molecular flexibility index (Phi) is 3.85. The zero-order valence-electron chi connectivity index (χ0n) is 12.0. The first-order valence-electron chi connectivity index (χ1n) is 7.12. The minimum Gasteiger partial charge on any atom is -0.334 e. The maximum absolute atomic E-state index is 11.6. The first kappa shape index (κ1) is 14.0. The molecule has 1 aliphatic rings. The second-order valence-electron chi connectivity index (χ2n) is 5.44. The number of pyridine rings is 1. The molecule has 2 N–H and O–H groups in total. The van der Waals surface area contributed by atoms with E-state index in [-0.39, 0.29) is 11.6 Å². The van der Waals surface area contributed by atoms with Gasteiger partial charge in [-0.3, -0.25) is 4.79 Å². The van der Waals surface area contributed by atoms with Crippen LogP contribution in [0, 0.1) is 0 Å². The van der Waals surface area contributed by atoms with Crippen LogP contribution in [0.15, 0.2) is 27.6 Å². The quantitative estimate of drug-likeness (QED) is 0.883.